The second kappa shape index (κ2) is 3.08. The molecule has 1 unspecified atom stereocenters. The summed E-state index contributed by atoms with van der Waals surface area (Å²) in [5.41, 5.74) is 4.88. The molecular weight excluding hydrogens is 144 g/mol. The summed E-state index contributed by atoms with van der Waals surface area (Å²) in [5, 5.41) is 0. The van der Waals surface area contributed by atoms with E-state index >= 15 is 0 Å². The van der Waals surface area contributed by atoms with Crippen LogP contribution in [0.3, 0.4) is 0 Å². The van der Waals surface area contributed by atoms with Gasteiger partial charge in [0.1, 0.15) is 0 Å². The average Bonchev–Trinajstić information content (AvgIpc) is 2.05. The molecule has 0 nitrogen and oxygen atoms in total. The lowest BCUT2D eigenvalue weighted by Gasteiger charge is -2.27. The topological polar surface area (TPSA) is 0 Å². The fourth-order valence-corrected chi connectivity index (χ4v) is 2.23. The molecule has 65 valence electrons. The molecule has 2 rings (SSSR count). The van der Waals surface area contributed by atoms with E-state index in [1.54, 1.807) is 11.1 Å². The minimum Gasteiger partial charge on any atom is -0.0772 e. The van der Waals surface area contributed by atoms with Crippen LogP contribution in [-0.4, -0.2) is 0 Å². The van der Waals surface area contributed by atoms with Gasteiger partial charge >= 0.3 is 0 Å². The van der Waals surface area contributed by atoms with Gasteiger partial charge in [-0.1, -0.05) is 29.7 Å². The van der Waals surface area contributed by atoms with Crippen molar-refractivity contribution in [2.24, 2.45) is 5.92 Å². The molecule has 1 radical (unpaired) electrons. The largest absolute Gasteiger partial charge is 0.0772 e. The second-order valence-electron chi connectivity index (χ2n) is 4.33. The molecule has 0 amide bonds. The smallest absolute Gasteiger partial charge is 0.00828 e. The van der Waals surface area contributed by atoms with Gasteiger partial charge in [-0.15, -0.1) is 0 Å². The Bertz CT molecular complexity index is 243. The van der Waals surface area contributed by atoms with Crippen molar-refractivity contribution < 1.29 is 0 Å². The molecule has 0 aromatic heterocycles. The molecule has 2 aliphatic carbocycles. The third-order valence-corrected chi connectivity index (χ3v) is 3.02. The minimum absolute atomic E-state index is 0.909. The summed E-state index contributed by atoms with van der Waals surface area (Å²) < 4.78 is 0. The van der Waals surface area contributed by atoms with Crippen molar-refractivity contribution in [3.63, 3.8) is 0 Å². The van der Waals surface area contributed by atoms with E-state index in [1.165, 1.54) is 31.3 Å². The number of hydrogen-bond donors (Lipinski definition) is 0. The summed E-state index contributed by atoms with van der Waals surface area (Å²) in [7, 11) is 0. The fourth-order valence-electron chi connectivity index (χ4n) is 2.23. The average molecular weight is 161 g/mol. The molecule has 0 bridgehead atoms. The summed E-state index contributed by atoms with van der Waals surface area (Å²) in [6.07, 6.45) is 9.94. The SMILES string of the molecule is CC1=C[CH]C2=C(CCC(C)C2)C1. The Morgan fingerprint density at radius 2 is 2.25 bits per heavy atom. The zero-order valence-electron chi connectivity index (χ0n) is 8.06. The van der Waals surface area contributed by atoms with Gasteiger partial charge in [-0.05, 0) is 38.5 Å². The lowest BCUT2D eigenvalue weighted by Crippen LogP contribution is -2.10. The van der Waals surface area contributed by atoms with Crippen molar-refractivity contribution in [3.05, 3.63) is 29.2 Å². The molecule has 0 heterocycles. The summed E-state index contributed by atoms with van der Waals surface area (Å²) in [6.45, 7) is 4.60. The van der Waals surface area contributed by atoms with Crippen molar-refractivity contribution in [3.8, 4) is 0 Å². The van der Waals surface area contributed by atoms with E-state index in [4.69, 9.17) is 0 Å². The second-order valence-corrected chi connectivity index (χ2v) is 4.33. The molecule has 0 aromatic rings. The first-order valence-electron chi connectivity index (χ1n) is 4.97. The molecular formula is C12H17. The molecule has 12 heavy (non-hydrogen) atoms. The monoisotopic (exact) mass is 161 g/mol. The Balaban J connectivity index is 2.14. The number of allylic oxidation sites excluding steroid dienone is 4. The number of hydrogen-bond acceptors (Lipinski definition) is 0. The van der Waals surface area contributed by atoms with Crippen molar-refractivity contribution in [2.45, 2.75) is 39.5 Å². The zero-order valence-corrected chi connectivity index (χ0v) is 8.06. The highest BCUT2D eigenvalue weighted by atomic mass is 14.2. The quantitative estimate of drug-likeness (QED) is 0.508. The van der Waals surface area contributed by atoms with Gasteiger partial charge in [0.15, 0.2) is 0 Å². The van der Waals surface area contributed by atoms with Crippen LogP contribution in [0, 0.1) is 12.3 Å². The summed E-state index contributed by atoms with van der Waals surface area (Å²) >= 11 is 0. The van der Waals surface area contributed by atoms with Gasteiger partial charge < -0.3 is 0 Å². The molecule has 0 aromatic carbocycles. The van der Waals surface area contributed by atoms with E-state index < -0.39 is 0 Å². The van der Waals surface area contributed by atoms with Crippen molar-refractivity contribution in [1.82, 2.24) is 0 Å². The molecule has 2 aliphatic rings. The first-order valence-corrected chi connectivity index (χ1v) is 4.97. The van der Waals surface area contributed by atoms with Crippen LogP contribution in [0.5, 0.6) is 0 Å². The van der Waals surface area contributed by atoms with Crippen LogP contribution < -0.4 is 0 Å². The number of rotatable bonds is 0. The summed E-state index contributed by atoms with van der Waals surface area (Å²) in [4.78, 5) is 0. The molecule has 0 saturated carbocycles. The Labute approximate surface area is 75.4 Å². The fraction of sp³-hybridized carbons (Fsp3) is 0.583. The predicted molar refractivity (Wildman–Crippen MR) is 52.7 cm³/mol. The van der Waals surface area contributed by atoms with E-state index in [0.29, 0.717) is 0 Å². The molecule has 0 aliphatic heterocycles. The molecule has 0 fully saturated rings. The maximum Gasteiger partial charge on any atom is 0.00828 e. The first kappa shape index (κ1) is 8.10. The molecule has 0 N–H and O–H groups in total. The lowest BCUT2D eigenvalue weighted by molar-refractivity contribution is 0.492. The highest BCUT2D eigenvalue weighted by Gasteiger charge is 2.19. The van der Waals surface area contributed by atoms with Crippen LogP contribution in [-0.2, 0) is 0 Å². The van der Waals surface area contributed by atoms with Gasteiger partial charge in [-0.25, -0.2) is 0 Å². The van der Waals surface area contributed by atoms with Gasteiger partial charge in [0.05, 0.1) is 0 Å². The Hall–Kier alpha value is -0.520. The molecule has 1 atom stereocenters. The predicted octanol–water partition coefficient (Wildman–Crippen LogP) is 3.66. The van der Waals surface area contributed by atoms with Gasteiger partial charge in [-0.3, -0.25) is 0 Å². The van der Waals surface area contributed by atoms with Crippen LogP contribution >= 0.6 is 0 Å². The van der Waals surface area contributed by atoms with Crippen LogP contribution in [0.25, 0.3) is 0 Å². The minimum atomic E-state index is 0.909. The Morgan fingerprint density at radius 1 is 1.42 bits per heavy atom. The normalized spacial score (nSPS) is 29.8. The van der Waals surface area contributed by atoms with E-state index in [9.17, 15) is 0 Å². The maximum absolute atomic E-state index is 2.36. The van der Waals surface area contributed by atoms with Crippen molar-refractivity contribution in [2.75, 3.05) is 0 Å². The van der Waals surface area contributed by atoms with Crippen molar-refractivity contribution >= 4 is 0 Å². The third kappa shape index (κ3) is 1.48. The lowest BCUT2D eigenvalue weighted by atomic mass is 9.79. The first-order chi connectivity index (χ1) is 5.75. The Kier molecular flexibility index (Phi) is 2.08. The van der Waals surface area contributed by atoms with E-state index in [0.717, 1.165) is 5.92 Å². The van der Waals surface area contributed by atoms with Crippen LogP contribution in [0.1, 0.15) is 39.5 Å². The third-order valence-electron chi connectivity index (χ3n) is 3.02. The van der Waals surface area contributed by atoms with Crippen LogP contribution in [0.4, 0.5) is 0 Å². The van der Waals surface area contributed by atoms with Crippen LogP contribution in [0.2, 0.25) is 0 Å². The highest BCUT2D eigenvalue weighted by molar-refractivity contribution is 5.38. The van der Waals surface area contributed by atoms with E-state index in [1.807, 2.05) is 0 Å². The summed E-state index contributed by atoms with van der Waals surface area (Å²) in [5.74, 6) is 0.909. The van der Waals surface area contributed by atoms with Crippen LogP contribution in [0.15, 0.2) is 22.8 Å². The van der Waals surface area contributed by atoms with Gasteiger partial charge in [0.2, 0.25) is 0 Å². The molecule has 0 saturated heterocycles. The van der Waals surface area contributed by atoms with Crippen molar-refractivity contribution in [1.29, 1.82) is 0 Å². The molecule has 0 heteroatoms. The van der Waals surface area contributed by atoms with Gasteiger partial charge in [-0.2, -0.15) is 0 Å². The van der Waals surface area contributed by atoms with Gasteiger partial charge in [0.25, 0.3) is 0 Å². The standard InChI is InChI=1S/C12H17/c1-9-3-5-12-8-10(2)4-6-11(12)7-9/h3,5,10H,4,6-8H2,1-2H3. The summed E-state index contributed by atoms with van der Waals surface area (Å²) in [6, 6.07) is 0. The Morgan fingerprint density at radius 3 is 3.08 bits per heavy atom. The zero-order chi connectivity index (χ0) is 8.55. The van der Waals surface area contributed by atoms with E-state index in [2.05, 4.69) is 26.3 Å². The highest BCUT2D eigenvalue weighted by Crippen LogP contribution is 2.36. The molecule has 0 spiro atoms. The van der Waals surface area contributed by atoms with Gasteiger partial charge in [0, 0.05) is 6.42 Å². The van der Waals surface area contributed by atoms with E-state index in [-0.39, 0.29) is 0 Å². The maximum atomic E-state index is 2.36.